The summed E-state index contributed by atoms with van der Waals surface area (Å²) >= 11 is 0. The molecular weight excluding hydrogens is 246 g/mol. The molecule has 0 spiro atoms. The fraction of sp³-hybridized carbons (Fsp3) is 0.538. The Kier molecular flexibility index (Phi) is 3.90. The molecule has 1 atom stereocenters. The van der Waals surface area contributed by atoms with Gasteiger partial charge in [0.25, 0.3) is 0 Å². The minimum atomic E-state index is -4.48. The van der Waals surface area contributed by atoms with E-state index in [1.165, 1.54) is 6.07 Å². The van der Waals surface area contributed by atoms with Crippen LogP contribution in [-0.2, 0) is 12.6 Å². The third-order valence-corrected chi connectivity index (χ3v) is 3.29. The molecule has 1 unspecified atom stereocenters. The van der Waals surface area contributed by atoms with Crippen LogP contribution in [0.3, 0.4) is 0 Å². The quantitative estimate of drug-likeness (QED) is 0.805. The van der Waals surface area contributed by atoms with E-state index < -0.39 is 17.6 Å². The van der Waals surface area contributed by atoms with Crippen LogP contribution < -0.4 is 5.32 Å². The van der Waals surface area contributed by atoms with Crippen molar-refractivity contribution >= 4 is 0 Å². The third kappa shape index (κ3) is 3.22. The van der Waals surface area contributed by atoms with Crippen molar-refractivity contribution < 1.29 is 17.6 Å². The van der Waals surface area contributed by atoms with Gasteiger partial charge in [0, 0.05) is 0 Å². The summed E-state index contributed by atoms with van der Waals surface area (Å²) in [5.41, 5.74) is -0.554. The molecule has 1 nitrogen and oxygen atoms in total. The summed E-state index contributed by atoms with van der Waals surface area (Å²) in [6.07, 6.45) is -1.96. The zero-order chi connectivity index (χ0) is 13.2. The normalized spacial score (nSPS) is 21.0. The lowest BCUT2D eigenvalue weighted by atomic mass is 9.92. The fourth-order valence-corrected chi connectivity index (χ4v) is 2.30. The Labute approximate surface area is 103 Å². The molecule has 0 aromatic heterocycles. The van der Waals surface area contributed by atoms with Crippen molar-refractivity contribution in [3.05, 3.63) is 35.1 Å². The van der Waals surface area contributed by atoms with Crippen LogP contribution in [0.4, 0.5) is 17.6 Å². The first kappa shape index (κ1) is 13.3. The van der Waals surface area contributed by atoms with E-state index in [2.05, 4.69) is 5.32 Å². The van der Waals surface area contributed by atoms with Crippen LogP contribution in [-0.4, -0.2) is 13.1 Å². The van der Waals surface area contributed by atoms with Crippen molar-refractivity contribution in [2.75, 3.05) is 13.1 Å². The van der Waals surface area contributed by atoms with Crippen LogP contribution in [0.2, 0.25) is 0 Å². The summed E-state index contributed by atoms with van der Waals surface area (Å²) in [4.78, 5) is 0. The molecule has 1 saturated heterocycles. The third-order valence-electron chi connectivity index (χ3n) is 3.29. The Hall–Kier alpha value is -1.10. The maximum absolute atomic E-state index is 13.6. The average Bonchev–Trinajstić information content (AvgIpc) is 2.32. The number of benzene rings is 1. The van der Waals surface area contributed by atoms with Crippen LogP contribution in [0.5, 0.6) is 0 Å². The van der Waals surface area contributed by atoms with Crippen LogP contribution in [0.1, 0.15) is 24.0 Å². The minimum absolute atomic E-state index is 0.310. The summed E-state index contributed by atoms with van der Waals surface area (Å²) in [7, 11) is 0. The van der Waals surface area contributed by atoms with Crippen molar-refractivity contribution in [1.29, 1.82) is 0 Å². The van der Waals surface area contributed by atoms with Gasteiger partial charge < -0.3 is 5.32 Å². The predicted octanol–water partition coefficient (Wildman–Crippen LogP) is 3.39. The summed E-state index contributed by atoms with van der Waals surface area (Å²) in [5.74, 6) is -0.444. The Balaban J connectivity index is 2.09. The van der Waals surface area contributed by atoms with E-state index in [0.717, 1.165) is 32.0 Å². The van der Waals surface area contributed by atoms with Crippen molar-refractivity contribution in [2.45, 2.75) is 25.4 Å². The van der Waals surface area contributed by atoms with Crippen molar-refractivity contribution in [1.82, 2.24) is 5.32 Å². The molecule has 1 heterocycles. The number of piperidine rings is 1. The van der Waals surface area contributed by atoms with E-state index in [-0.39, 0.29) is 0 Å². The standard InChI is InChI=1S/C13H15F4N/c14-12-7-11(13(15,16)17)4-3-10(12)6-9-2-1-5-18-8-9/h3-4,7,9,18H,1-2,5-6,8H2. The molecule has 0 bridgehead atoms. The molecule has 1 aliphatic heterocycles. The Morgan fingerprint density at radius 3 is 2.61 bits per heavy atom. The van der Waals surface area contributed by atoms with E-state index in [1.807, 2.05) is 0 Å². The fourth-order valence-electron chi connectivity index (χ4n) is 2.30. The van der Waals surface area contributed by atoms with Gasteiger partial charge in [-0.15, -0.1) is 0 Å². The summed E-state index contributed by atoms with van der Waals surface area (Å²) in [6, 6.07) is 2.80. The molecular formula is C13H15F4N. The minimum Gasteiger partial charge on any atom is -0.316 e. The van der Waals surface area contributed by atoms with Gasteiger partial charge in [0.05, 0.1) is 5.56 Å². The molecule has 2 rings (SSSR count). The highest BCUT2D eigenvalue weighted by molar-refractivity contribution is 5.26. The molecule has 1 fully saturated rings. The molecule has 18 heavy (non-hydrogen) atoms. The maximum atomic E-state index is 13.6. The highest BCUT2D eigenvalue weighted by Crippen LogP contribution is 2.30. The van der Waals surface area contributed by atoms with Crippen LogP contribution >= 0.6 is 0 Å². The molecule has 1 aliphatic rings. The number of rotatable bonds is 2. The Morgan fingerprint density at radius 1 is 1.28 bits per heavy atom. The number of alkyl halides is 3. The van der Waals surface area contributed by atoms with E-state index in [1.54, 1.807) is 0 Å². The van der Waals surface area contributed by atoms with Gasteiger partial charge in [-0.25, -0.2) is 4.39 Å². The van der Waals surface area contributed by atoms with Gasteiger partial charge in [0.2, 0.25) is 0 Å². The topological polar surface area (TPSA) is 12.0 Å². The highest BCUT2D eigenvalue weighted by Gasteiger charge is 2.31. The molecule has 1 aromatic rings. The molecule has 100 valence electrons. The van der Waals surface area contributed by atoms with E-state index in [0.29, 0.717) is 24.0 Å². The number of halogens is 4. The second-order valence-electron chi connectivity index (χ2n) is 4.72. The Morgan fingerprint density at radius 2 is 2.06 bits per heavy atom. The molecule has 0 amide bonds. The predicted molar refractivity (Wildman–Crippen MR) is 60.7 cm³/mol. The van der Waals surface area contributed by atoms with Gasteiger partial charge in [-0.3, -0.25) is 0 Å². The largest absolute Gasteiger partial charge is 0.416 e. The summed E-state index contributed by atoms with van der Waals surface area (Å²) in [6.45, 7) is 1.77. The highest BCUT2D eigenvalue weighted by atomic mass is 19.4. The molecule has 1 N–H and O–H groups in total. The smallest absolute Gasteiger partial charge is 0.316 e. The number of nitrogens with one attached hydrogen (secondary N) is 1. The van der Waals surface area contributed by atoms with Crippen LogP contribution in [0.15, 0.2) is 18.2 Å². The van der Waals surface area contributed by atoms with Crippen molar-refractivity contribution in [3.8, 4) is 0 Å². The second-order valence-corrected chi connectivity index (χ2v) is 4.72. The van der Waals surface area contributed by atoms with E-state index >= 15 is 0 Å². The van der Waals surface area contributed by atoms with Gasteiger partial charge in [-0.1, -0.05) is 6.07 Å². The number of hydrogen-bond acceptors (Lipinski definition) is 1. The monoisotopic (exact) mass is 261 g/mol. The summed E-state index contributed by atoms with van der Waals surface area (Å²) < 4.78 is 50.8. The van der Waals surface area contributed by atoms with Crippen molar-refractivity contribution in [3.63, 3.8) is 0 Å². The zero-order valence-electron chi connectivity index (χ0n) is 9.86. The second kappa shape index (κ2) is 5.26. The average molecular weight is 261 g/mol. The van der Waals surface area contributed by atoms with Crippen LogP contribution in [0, 0.1) is 11.7 Å². The van der Waals surface area contributed by atoms with Gasteiger partial charge in [-0.2, -0.15) is 13.2 Å². The molecule has 0 aliphatic carbocycles. The summed E-state index contributed by atoms with van der Waals surface area (Å²) in [5, 5.41) is 3.21. The van der Waals surface area contributed by atoms with Gasteiger partial charge in [0.15, 0.2) is 0 Å². The maximum Gasteiger partial charge on any atom is 0.416 e. The number of hydrogen-bond donors (Lipinski definition) is 1. The lowest BCUT2D eigenvalue weighted by Gasteiger charge is -2.23. The molecule has 0 radical (unpaired) electrons. The molecule has 1 aromatic carbocycles. The first-order chi connectivity index (χ1) is 8.47. The van der Waals surface area contributed by atoms with Gasteiger partial charge >= 0.3 is 6.18 Å². The molecule has 0 saturated carbocycles. The zero-order valence-corrected chi connectivity index (χ0v) is 9.86. The van der Waals surface area contributed by atoms with Gasteiger partial charge in [0.1, 0.15) is 5.82 Å². The SMILES string of the molecule is Fc1cc(C(F)(F)F)ccc1CC1CCCNC1. The Bertz CT molecular complexity index is 408. The van der Waals surface area contributed by atoms with Gasteiger partial charge in [-0.05, 0) is 56.0 Å². The van der Waals surface area contributed by atoms with E-state index in [9.17, 15) is 17.6 Å². The lowest BCUT2D eigenvalue weighted by Crippen LogP contribution is -2.31. The molecule has 5 heteroatoms. The lowest BCUT2D eigenvalue weighted by molar-refractivity contribution is -0.137. The van der Waals surface area contributed by atoms with Crippen LogP contribution in [0.25, 0.3) is 0 Å². The van der Waals surface area contributed by atoms with E-state index in [4.69, 9.17) is 0 Å². The van der Waals surface area contributed by atoms with Crippen molar-refractivity contribution in [2.24, 2.45) is 5.92 Å². The first-order valence-electron chi connectivity index (χ1n) is 6.03. The first-order valence-corrected chi connectivity index (χ1v) is 6.03.